The molecule has 0 saturated carbocycles. The average molecular weight is 189 g/mol. The van der Waals surface area contributed by atoms with Gasteiger partial charge in [0.05, 0.1) is 0 Å². The van der Waals surface area contributed by atoms with Gasteiger partial charge in [-0.2, -0.15) is 0 Å². The molecule has 0 aliphatic carbocycles. The summed E-state index contributed by atoms with van der Waals surface area (Å²) in [6.45, 7) is 4.67. The van der Waals surface area contributed by atoms with Gasteiger partial charge in [-0.25, -0.2) is 0 Å². The largest absolute Gasteiger partial charge is 0.457 e. The van der Waals surface area contributed by atoms with E-state index in [1.807, 2.05) is 0 Å². The zero-order valence-electron chi connectivity index (χ0n) is 7.84. The molecule has 1 saturated heterocycles. The minimum atomic E-state index is -0.324. The van der Waals surface area contributed by atoms with Gasteiger partial charge < -0.3 is 8.68 Å². The van der Waals surface area contributed by atoms with Crippen molar-refractivity contribution in [2.45, 2.75) is 45.2 Å². The molecular weight excluding hydrogens is 170 g/mol. The summed E-state index contributed by atoms with van der Waals surface area (Å²) in [6, 6.07) is 1.58. The summed E-state index contributed by atoms with van der Waals surface area (Å²) < 4.78 is 8.03. The highest BCUT2D eigenvalue weighted by atomic mass is 28.3. The molecule has 0 aromatic rings. The molecule has 0 amide bonds. The van der Waals surface area contributed by atoms with Crippen LogP contribution in [0.4, 0.5) is 0 Å². The molecule has 1 fully saturated rings. The number of piperidine rings is 1. The first-order chi connectivity index (χ1) is 5.25. The van der Waals surface area contributed by atoms with Crippen LogP contribution in [0.15, 0.2) is 0 Å². The van der Waals surface area contributed by atoms with Crippen LogP contribution in [0, 0.1) is 0 Å². The molecule has 1 rings (SSSR count). The van der Waals surface area contributed by atoms with Crippen molar-refractivity contribution in [1.29, 1.82) is 0 Å². The van der Waals surface area contributed by atoms with Gasteiger partial charge >= 0.3 is 0 Å². The van der Waals surface area contributed by atoms with Gasteiger partial charge in [-0.3, -0.25) is 0 Å². The second-order valence-electron chi connectivity index (χ2n) is 3.56. The fourth-order valence-corrected chi connectivity index (χ4v) is 3.94. The monoisotopic (exact) mass is 189 g/mol. The Morgan fingerprint density at radius 1 is 1.36 bits per heavy atom. The summed E-state index contributed by atoms with van der Waals surface area (Å²) in [7, 11) is 0.601. The van der Waals surface area contributed by atoms with Crippen LogP contribution in [0.3, 0.4) is 0 Å². The minimum absolute atomic E-state index is 0.324. The van der Waals surface area contributed by atoms with Crippen molar-refractivity contribution >= 4 is 20.4 Å². The zero-order chi connectivity index (χ0) is 8.27. The first-order valence-corrected chi connectivity index (χ1v) is 6.53. The van der Waals surface area contributed by atoms with Gasteiger partial charge in [0, 0.05) is 12.1 Å². The molecule has 0 aromatic heterocycles. The highest BCUT2D eigenvalue weighted by molar-refractivity contribution is 6.31. The van der Waals surface area contributed by atoms with Crippen molar-refractivity contribution in [1.82, 2.24) is 4.57 Å². The molecule has 1 aliphatic heterocycles. The van der Waals surface area contributed by atoms with Crippen LogP contribution in [0.1, 0.15) is 33.1 Å². The Balaban J connectivity index is 2.41. The third-order valence-electron chi connectivity index (χ3n) is 2.65. The third-order valence-corrected chi connectivity index (χ3v) is 5.23. The van der Waals surface area contributed by atoms with E-state index in [0.29, 0.717) is 0 Å². The highest BCUT2D eigenvalue weighted by Gasteiger charge is 2.23. The van der Waals surface area contributed by atoms with E-state index in [1.54, 1.807) is 0 Å². The van der Waals surface area contributed by atoms with E-state index in [1.165, 1.54) is 19.3 Å². The molecule has 0 N–H and O–H groups in total. The van der Waals surface area contributed by atoms with Crippen LogP contribution in [0.2, 0.25) is 0 Å². The van der Waals surface area contributed by atoms with Crippen molar-refractivity contribution < 1.29 is 4.12 Å². The zero-order valence-corrected chi connectivity index (χ0v) is 11.3. The maximum Gasteiger partial charge on any atom is 0.227 e. The molecule has 4 heteroatoms. The highest BCUT2D eigenvalue weighted by Crippen LogP contribution is 2.20. The predicted molar refractivity (Wildman–Crippen MR) is 54.2 cm³/mol. The maximum absolute atomic E-state index is 5.43. The average Bonchev–Trinajstić information content (AvgIpc) is 1.97. The topological polar surface area (TPSA) is 12.5 Å². The lowest BCUT2D eigenvalue weighted by atomic mass is 10.0. The molecule has 0 bridgehead atoms. The number of hydrogen-bond acceptors (Lipinski definition) is 2. The summed E-state index contributed by atoms with van der Waals surface area (Å²) in [6.07, 6.45) is 4.17. The summed E-state index contributed by atoms with van der Waals surface area (Å²) in [4.78, 5) is 0. The Bertz CT molecular complexity index is 113. The fourth-order valence-electron chi connectivity index (χ4n) is 1.88. The smallest absolute Gasteiger partial charge is 0.227 e. The Morgan fingerprint density at radius 2 is 1.91 bits per heavy atom. The summed E-state index contributed by atoms with van der Waals surface area (Å²) >= 11 is 0. The van der Waals surface area contributed by atoms with Crippen molar-refractivity contribution in [3.8, 4) is 0 Å². The summed E-state index contributed by atoms with van der Waals surface area (Å²) in [5.41, 5.74) is 0. The molecule has 66 valence electrons. The Hall–Kier alpha value is 0.354. The van der Waals surface area contributed by atoms with E-state index in [9.17, 15) is 0 Å². The second kappa shape index (κ2) is 4.40. The third kappa shape index (κ3) is 2.40. The van der Waals surface area contributed by atoms with Gasteiger partial charge in [0.15, 0.2) is 0 Å². The van der Waals surface area contributed by atoms with Crippen LogP contribution < -0.4 is 0 Å². The Kier molecular flexibility index (Phi) is 3.77. The molecule has 0 aromatic carbocycles. The quantitative estimate of drug-likeness (QED) is 0.546. The molecule has 2 nitrogen and oxygen atoms in total. The van der Waals surface area contributed by atoms with Gasteiger partial charge in [0.2, 0.25) is 9.92 Å². The molecular formula is C7H19NOSi2. The standard InChI is InChI=1S/C7H19NOSi2/c1-6-4-3-5-7(2)8(6)11-9-10/h6-7H,3-5,11H2,1-2,10H3. The fraction of sp³-hybridized carbons (Fsp3) is 1.00. The SMILES string of the molecule is CC1CCCC(C)N1[SiH2]O[SiH3]. The van der Waals surface area contributed by atoms with E-state index in [0.717, 1.165) is 22.6 Å². The van der Waals surface area contributed by atoms with Crippen LogP contribution >= 0.6 is 0 Å². The van der Waals surface area contributed by atoms with Crippen LogP contribution in [-0.4, -0.2) is 37.1 Å². The van der Waals surface area contributed by atoms with Crippen molar-refractivity contribution in [3.63, 3.8) is 0 Å². The second-order valence-corrected chi connectivity index (χ2v) is 6.86. The van der Waals surface area contributed by atoms with Crippen molar-refractivity contribution in [2.75, 3.05) is 0 Å². The van der Waals surface area contributed by atoms with Crippen molar-refractivity contribution in [2.24, 2.45) is 0 Å². The first kappa shape index (κ1) is 9.44. The lowest BCUT2D eigenvalue weighted by Gasteiger charge is -2.38. The van der Waals surface area contributed by atoms with Crippen LogP contribution in [0.25, 0.3) is 0 Å². The molecule has 1 aliphatic rings. The molecule has 0 radical (unpaired) electrons. The van der Waals surface area contributed by atoms with E-state index in [-0.39, 0.29) is 9.92 Å². The first-order valence-electron chi connectivity index (χ1n) is 4.50. The Labute approximate surface area is 74.9 Å². The molecule has 2 atom stereocenters. The summed E-state index contributed by atoms with van der Waals surface area (Å²) in [5.74, 6) is 0. The summed E-state index contributed by atoms with van der Waals surface area (Å²) in [5, 5.41) is 0. The van der Waals surface area contributed by atoms with Gasteiger partial charge in [-0.1, -0.05) is 20.3 Å². The van der Waals surface area contributed by atoms with Gasteiger partial charge in [0.1, 0.15) is 10.5 Å². The molecule has 11 heavy (non-hydrogen) atoms. The van der Waals surface area contributed by atoms with E-state index < -0.39 is 0 Å². The predicted octanol–water partition coefficient (Wildman–Crippen LogP) is -0.455. The van der Waals surface area contributed by atoms with Gasteiger partial charge in [-0.15, -0.1) is 0 Å². The number of nitrogens with zero attached hydrogens (tertiary/aromatic N) is 1. The van der Waals surface area contributed by atoms with Crippen LogP contribution in [-0.2, 0) is 4.12 Å². The maximum atomic E-state index is 5.43. The lowest BCUT2D eigenvalue weighted by Crippen LogP contribution is -2.46. The van der Waals surface area contributed by atoms with E-state index >= 15 is 0 Å². The molecule has 0 spiro atoms. The van der Waals surface area contributed by atoms with Gasteiger partial charge in [-0.05, 0) is 12.8 Å². The number of rotatable bonds is 2. The van der Waals surface area contributed by atoms with E-state index in [2.05, 4.69) is 18.4 Å². The molecule has 1 heterocycles. The van der Waals surface area contributed by atoms with Gasteiger partial charge in [0.25, 0.3) is 0 Å². The Morgan fingerprint density at radius 3 is 2.36 bits per heavy atom. The lowest BCUT2D eigenvalue weighted by molar-refractivity contribution is 0.191. The minimum Gasteiger partial charge on any atom is -0.457 e. The normalized spacial score (nSPS) is 35.5. The van der Waals surface area contributed by atoms with E-state index in [4.69, 9.17) is 4.12 Å². The van der Waals surface area contributed by atoms with Crippen molar-refractivity contribution in [3.05, 3.63) is 0 Å². The molecule has 2 unspecified atom stereocenters. The van der Waals surface area contributed by atoms with Crippen LogP contribution in [0.5, 0.6) is 0 Å². The number of hydrogen-bond donors (Lipinski definition) is 0.